The van der Waals surface area contributed by atoms with Crippen molar-refractivity contribution in [3.63, 3.8) is 0 Å². The number of rotatable bonds is 4. The zero-order chi connectivity index (χ0) is 26.9. The van der Waals surface area contributed by atoms with E-state index in [1.807, 2.05) is 35.0 Å². The molecule has 5 nitrogen and oxygen atoms in total. The van der Waals surface area contributed by atoms with Crippen molar-refractivity contribution in [2.45, 2.75) is 37.7 Å². The van der Waals surface area contributed by atoms with Gasteiger partial charge in [0.1, 0.15) is 17.4 Å². The van der Waals surface area contributed by atoms with Crippen LogP contribution < -0.4 is 10.1 Å². The second-order valence-corrected chi connectivity index (χ2v) is 11.5. The molecule has 2 aliphatic heterocycles. The Morgan fingerprint density at radius 1 is 1.13 bits per heavy atom. The van der Waals surface area contributed by atoms with Crippen LogP contribution in [-0.4, -0.2) is 27.3 Å². The Morgan fingerprint density at radius 3 is 2.79 bits per heavy atom. The molecule has 0 spiro atoms. The van der Waals surface area contributed by atoms with E-state index in [-0.39, 0.29) is 27.3 Å². The molecule has 0 bridgehead atoms. The third-order valence-corrected chi connectivity index (χ3v) is 8.52. The lowest BCUT2D eigenvalue weighted by molar-refractivity contribution is -0.126. The lowest BCUT2D eigenvalue weighted by Crippen LogP contribution is -2.22. The number of halogens is 5. The number of imidazole rings is 1. The van der Waals surface area contributed by atoms with E-state index in [1.165, 1.54) is 18.2 Å². The predicted octanol–water partition coefficient (Wildman–Crippen LogP) is 8.02. The molecule has 0 amide bonds. The van der Waals surface area contributed by atoms with Crippen LogP contribution >= 0.6 is 22.9 Å². The second-order valence-electron chi connectivity index (χ2n) is 9.83. The van der Waals surface area contributed by atoms with E-state index in [2.05, 4.69) is 15.3 Å². The normalized spacial score (nSPS) is 18.8. The molecule has 1 saturated heterocycles. The molecular formula is C28H21ClF4N4OS. The maximum absolute atomic E-state index is 15.2. The summed E-state index contributed by atoms with van der Waals surface area (Å²) in [5.41, 5.74) is 3.37. The van der Waals surface area contributed by atoms with Crippen molar-refractivity contribution < 1.29 is 22.3 Å². The predicted molar refractivity (Wildman–Crippen MR) is 143 cm³/mol. The maximum Gasteiger partial charge on any atom is 0.393 e. The Labute approximate surface area is 229 Å². The number of ether oxygens (including phenoxy) is 1. The number of fused-ring (bicyclic) bond motifs is 5. The number of nitrogens with one attached hydrogen (secondary N) is 2. The molecule has 3 aromatic heterocycles. The standard InChI is InChI=1S/C28H21ClF4N4OS/c29-16-10-18(30)25-22-9-15-8-14(20-13-35-26(36-20)19-2-1-7-34-19)3-5-21(15)37(22)27(38-23(25)11-16)24-6-4-17(39-24)12-28(31,32)33/h3-6,8-11,13,19,27,34H,1-2,7,12H2,(H,35,36). The van der Waals surface area contributed by atoms with Gasteiger partial charge in [-0.05, 0) is 61.9 Å². The van der Waals surface area contributed by atoms with Crippen LogP contribution in [0.3, 0.4) is 0 Å². The summed E-state index contributed by atoms with van der Waals surface area (Å²) in [6.45, 7) is 0.970. The van der Waals surface area contributed by atoms with Crippen LogP contribution in [-0.2, 0) is 6.42 Å². The molecule has 7 rings (SSSR count). The molecule has 5 aromatic rings. The van der Waals surface area contributed by atoms with Crippen LogP contribution in [0.25, 0.3) is 33.4 Å². The van der Waals surface area contributed by atoms with Crippen molar-refractivity contribution in [3.05, 3.63) is 81.1 Å². The van der Waals surface area contributed by atoms with Gasteiger partial charge in [-0.15, -0.1) is 11.3 Å². The fourth-order valence-corrected chi connectivity index (χ4v) is 6.76. The minimum absolute atomic E-state index is 0.174. The molecule has 39 heavy (non-hydrogen) atoms. The van der Waals surface area contributed by atoms with Gasteiger partial charge in [0.15, 0.2) is 0 Å². The van der Waals surface area contributed by atoms with Crippen molar-refractivity contribution in [2.24, 2.45) is 0 Å². The van der Waals surface area contributed by atoms with Crippen molar-refractivity contribution in [2.75, 3.05) is 6.54 Å². The van der Waals surface area contributed by atoms with E-state index in [9.17, 15) is 13.2 Å². The van der Waals surface area contributed by atoms with Crippen LogP contribution in [0.2, 0.25) is 5.02 Å². The third-order valence-electron chi connectivity index (χ3n) is 7.18. The summed E-state index contributed by atoms with van der Waals surface area (Å²) in [4.78, 5) is 8.73. The maximum atomic E-state index is 15.2. The molecule has 0 saturated carbocycles. The van der Waals surface area contributed by atoms with Crippen molar-refractivity contribution in [3.8, 4) is 28.3 Å². The minimum Gasteiger partial charge on any atom is -0.464 e. The van der Waals surface area contributed by atoms with Gasteiger partial charge in [0, 0.05) is 20.8 Å². The highest BCUT2D eigenvalue weighted by Gasteiger charge is 2.34. The first-order chi connectivity index (χ1) is 18.7. The van der Waals surface area contributed by atoms with Gasteiger partial charge < -0.3 is 15.0 Å². The monoisotopic (exact) mass is 572 g/mol. The van der Waals surface area contributed by atoms with Gasteiger partial charge in [-0.2, -0.15) is 13.2 Å². The van der Waals surface area contributed by atoms with E-state index < -0.39 is 24.6 Å². The number of hydrogen-bond acceptors (Lipinski definition) is 4. The number of aromatic amines is 1. The first kappa shape index (κ1) is 24.7. The van der Waals surface area contributed by atoms with Gasteiger partial charge in [0.25, 0.3) is 0 Å². The molecule has 2 N–H and O–H groups in total. The Balaban J connectivity index is 1.35. The average Bonchev–Trinajstić information content (AvgIpc) is 3.67. The SMILES string of the molecule is Fc1cc(Cl)cc2c1-c1cc3cc(-c4cnc(C5CCCN5)[nH]4)ccc3n1C(c1ccc(CC(F)(F)F)s1)O2. The van der Waals surface area contributed by atoms with Crippen molar-refractivity contribution in [1.29, 1.82) is 0 Å². The smallest absolute Gasteiger partial charge is 0.393 e. The molecule has 200 valence electrons. The third kappa shape index (κ3) is 4.40. The van der Waals surface area contributed by atoms with Crippen LogP contribution in [0, 0.1) is 5.82 Å². The molecule has 5 heterocycles. The minimum atomic E-state index is -4.32. The fraction of sp³-hybridized carbons (Fsp3) is 0.250. The fourth-order valence-electron chi connectivity index (χ4n) is 5.50. The van der Waals surface area contributed by atoms with Gasteiger partial charge in [-0.3, -0.25) is 4.57 Å². The second kappa shape index (κ2) is 9.11. The number of thiophene rings is 1. The van der Waals surface area contributed by atoms with Gasteiger partial charge in [0.05, 0.1) is 46.0 Å². The number of hydrogen-bond donors (Lipinski definition) is 2. The molecule has 2 unspecified atom stereocenters. The van der Waals surface area contributed by atoms with E-state index >= 15 is 4.39 Å². The Bertz CT molecular complexity index is 1720. The molecule has 2 aliphatic rings. The van der Waals surface area contributed by atoms with E-state index in [1.54, 1.807) is 6.07 Å². The quantitative estimate of drug-likeness (QED) is 0.214. The number of nitrogens with zero attached hydrogens (tertiary/aromatic N) is 2. The topological polar surface area (TPSA) is 54.9 Å². The molecule has 2 atom stereocenters. The highest BCUT2D eigenvalue weighted by Crippen LogP contribution is 2.48. The van der Waals surface area contributed by atoms with E-state index in [0.717, 1.165) is 58.7 Å². The summed E-state index contributed by atoms with van der Waals surface area (Å²) in [6, 6.07) is 13.8. The molecule has 1 fully saturated rings. The lowest BCUT2D eigenvalue weighted by atomic mass is 10.1. The molecule has 0 radical (unpaired) electrons. The Kier molecular flexibility index (Phi) is 5.76. The number of benzene rings is 2. The number of aromatic nitrogens is 3. The molecule has 2 aromatic carbocycles. The summed E-state index contributed by atoms with van der Waals surface area (Å²) >= 11 is 7.16. The Morgan fingerprint density at radius 2 is 2.00 bits per heavy atom. The number of H-pyrrole nitrogens is 1. The van der Waals surface area contributed by atoms with Crippen LogP contribution in [0.1, 0.15) is 40.7 Å². The first-order valence-electron chi connectivity index (χ1n) is 12.5. The molecule has 11 heteroatoms. The zero-order valence-electron chi connectivity index (χ0n) is 20.3. The summed E-state index contributed by atoms with van der Waals surface area (Å²) in [5, 5.41) is 4.44. The highest BCUT2D eigenvalue weighted by molar-refractivity contribution is 7.12. The van der Waals surface area contributed by atoms with Gasteiger partial charge in [-0.1, -0.05) is 17.7 Å². The van der Waals surface area contributed by atoms with Gasteiger partial charge in [0.2, 0.25) is 6.23 Å². The number of alkyl halides is 3. The summed E-state index contributed by atoms with van der Waals surface area (Å²) in [5.74, 6) is 0.604. The van der Waals surface area contributed by atoms with Crippen LogP contribution in [0.15, 0.2) is 54.7 Å². The summed E-state index contributed by atoms with van der Waals surface area (Å²) < 4.78 is 62.4. The lowest BCUT2D eigenvalue weighted by Gasteiger charge is -2.29. The van der Waals surface area contributed by atoms with Crippen molar-refractivity contribution in [1.82, 2.24) is 19.9 Å². The summed E-state index contributed by atoms with van der Waals surface area (Å²) in [6.07, 6.45) is -2.18. The van der Waals surface area contributed by atoms with Gasteiger partial charge >= 0.3 is 6.18 Å². The van der Waals surface area contributed by atoms with E-state index in [4.69, 9.17) is 16.3 Å². The first-order valence-corrected chi connectivity index (χ1v) is 13.7. The van der Waals surface area contributed by atoms with Crippen LogP contribution in [0.4, 0.5) is 17.6 Å². The largest absolute Gasteiger partial charge is 0.464 e. The molecular weight excluding hydrogens is 552 g/mol. The Hall–Kier alpha value is -3.34. The highest BCUT2D eigenvalue weighted by atomic mass is 35.5. The van der Waals surface area contributed by atoms with Crippen molar-refractivity contribution >= 4 is 33.8 Å². The molecule has 0 aliphatic carbocycles. The van der Waals surface area contributed by atoms with E-state index in [0.29, 0.717) is 10.6 Å². The average molecular weight is 573 g/mol. The summed E-state index contributed by atoms with van der Waals surface area (Å²) in [7, 11) is 0. The zero-order valence-corrected chi connectivity index (χ0v) is 21.9. The van der Waals surface area contributed by atoms with Crippen LogP contribution in [0.5, 0.6) is 5.75 Å². The van der Waals surface area contributed by atoms with Gasteiger partial charge in [-0.25, -0.2) is 9.37 Å².